The van der Waals surface area contributed by atoms with Crippen LogP contribution in [0, 0.1) is 0 Å². The first-order valence-electron chi connectivity index (χ1n) is 6.67. The van der Waals surface area contributed by atoms with Crippen molar-refractivity contribution in [1.29, 1.82) is 0 Å². The Labute approximate surface area is 117 Å². The molecule has 0 saturated heterocycles. The lowest BCUT2D eigenvalue weighted by Gasteiger charge is -2.39. The molecule has 19 heavy (non-hydrogen) atoms. The number of thioether (sulfide) groups is 1. The SMILES string of the molecule is C=Cc1nc(C2(CC)CCC2)n2nc(SC)ncc12. The van der Waals surface area contributed by atoms with Gasteiger partial charge in [-0.15, -0.1) is 5.10 Å². The van der Waals surface area contributed by atoms with E-state index in [0.717, 1.165) is 28.6 Å². The number of rotatable bonds is 4. The van der Waals surface area contributed by atoms with Crippen LogP contribution < -0.4 is 0 Å². The largest absolute Gasteiger partial charge is 0.231 e. The van der Waals surface area contributed by atoms with Crippen molar-refractivity contribution in [2.75, 3.05) is 6.26 Å². The van der Waals surface area contributed by atoms with Crippen LogP contribution in [0.5, 0.6) is 0 Å². The number of fused-ring (bicyclic) bond motifs is 1. The van der Waals surface area contributed by atoms with Gasteiger partial charge in [0.2, 0.25) is 5.16 Å². The minimum absolute atomic E-state index is 0.203. The Balaban J connectivity index is 2.25. The third kappa shape index (κ3) is 1.79. The average Bonchev–Trinajstić information content (AvgIpc) is 2.77. The predicted molar refractivity (Wildman–Crippen MR) is 78.5 cm³/mol. The molecule has 0 aromatic carbocycles. The molecule has 1 aliphatic rings. The number of aromatic nitrogens is 4. The second kappa shape index (κ2) is 4.63. The first-order valence-corrected chi connectivity index (χ1v) is 7.89. The molecule has 1 aliphatic carbocycles. The fourth-order valence-corrected chi connectivity index (χ4v) is 3.14. The number of hydrogen-bond acceptors (Lipinski definition) is 4. The van der Waals surface area contributed by atoms with Gasteiger partial charge in [-0.25, -0.2) is 14.5 Å². The standard InChI is InChI=1S/C14H18N4S/c1-4-10-11-9-15-13(19-3)17-18(11)12(16-10)14(5-2)7-6-8-14/h4,9H,1,5-8H2,2-3H3. The fourth-order valence-electron chi connectivity index (χ4n) is 2.82. The Morgan fingerprint density at radius 3 is 2.84 bits per heavy atom. The van der Waals surface area contributed by atoms with Crippen molar-refractivity contribution in [3.63, 3.8) is 0 Å². The number of nitrogens with zero attached hydrogens (tertiary/aromatic N) is 4. The van der Waals surface area contributed by atoms with Crippen molar-refractivity contribution in [2.24, 2.45) is 0 Å². The molecule has 4 nitrogen and oxygen atoms in total. The lowest BCUT2D eigenvalue weighted by Crippen LogP contribution is -2.35. The zero-order valence-corrected chi connectivity index (χ0v) is 12.2. The lowest BCUT2D eigenvalue weighted by atomic mass is 9.66. The van der Waals surface area contributed by atoms with E-state index in [1.807, 2.05) is 17.0 Å². The van der Waals surface area contributed by atoms with E-state index in [1.165, 1.54) is 19.3 Å². The minimum Gasteiger partial charge on any atom is -0.231 e. The van der Waals surface area contributed by atoms with Crippen LogP contribution in [-0.4, -0.2) is 25.8 Å². The molecule has 3 rings (SSSR count). The molecule has 2 heterocycles. The van der Waals surface area contributed by atoms with Gasteiger partial charge in [-0.1, -0.05) is 31.7 Å². The van der Waals surface area contributed by atoms with Crippen LogP contribution >= 0.6 is 11.8 Å². The van der Waals surface area contributed by atoms with E-state index in [4.69, 9.17) is 4.98 Å². The molecule has 0 N–H and O–H groups in total. The fraction of sp³-hybridized carbons (Fsp3) is 0.500. The smallest absolute Gasteiger partial charge is 0.207 e. The van der Waals surface area contributed by atoms with Crippen molar-refractivity contribution in [3.8, 4) is 0 Å². The van der Waals surface area contributed by atoms with Crippen LogP contribution in [0.3, 0.4) is 0 Å². The Morgan fingerprint density at radius 1 is 1.53 bits per heavy atom. The van der Waals surface area contributed by atoms with Crippen LogP contribution in [0.2, 0.25) is 0 Å². The monoisotopic (exact) mass is 274 g/mol. The zero-order chi connectivity index (χ0) is 13.5. The van der Waals surface area contributed by atoms with Gasteiger partial charge >= 0.3 is 0 Å². The van der Waals surface area contributed by atoms with Crippen molar-refractivity contribution in [2.45, 2.75) is 43.2 Å². The molecule has 5 heteroatoms. The van der Waals surface area contributed by atoms with E-state index in [9.17, 15) is 0 Å². The highest BCUT2D eigenvalue weighted by molar-refractivity contribution is 7.98. The van der Waals surface area contributed by atoms with Gasteiger partial charge in [0.1, 0.15) is 11.3 Å². The maximum atomic E-state index is 4.78. The van der Waals surface area contributed by atoms with Crippen LogP contribution in [0.4, 0.5) is 0 Å². The molecule has 2 aromatic rings. The molecule has 0 atom stereocenters. The van der Waals surface area contributed by atoms with Crippen molar-refractivity contribution >= 4 is 23.4 Å². The van der Waals surface area contributed by atoms with Gasteiger partial charge in [0.25, 0.3) is 0 Å². The summed E-state index contributed by atoms with van der Waals surface area (Å²) < 4.78 is 1.98. The zero-order valence-electron chi connectivity index (χ0n) is 11.4. The summed E-state index contributed by atoms with van der Waals surface area (Å²) in [6, 6.07) is 0. The molecule has 1 fully saturated rings. The molecular weight excluding hydrogens is 256 g/mol. The van der Waals surface area contributed by atoms with E-state index >= 15 is 0 Å². The van der Waals surface area contributed by atoms with E-state index < -0.39 is 0 Å². The third-order valence-electron chi connectivity index (χ3n) is 4.24. The lowest BCUT2D eigenvalue weighted by molar-refractivity contribution is 0.216. The number of hydrogen-bond donors (Lipinski definition) is 0. The first-order chi connectivity index (χ1) is 9.24. The Morgan fingerprint density at radius 2 is 2.32 bits per heavy atom. The van der Waals surface area contributed by atoms with Gasteiger partial charge < -0.3 is 0 Å². The summed E-state index contributed by atoms with van der Waals surface area (Å²) in [6.07, 6.45) is 10.5. The maximum absolute atomic E-state index is 4.78. The van der Waals surface area contributed by atoms with Crippen molar-refractivity contribution < 1.29 is 0 Å². The number of imidazole rings is 1. The highest BCUT2D eigenvalue weighted by atomic mass is 32.2. The van der Waals surface area contributed by atoms with E-state index in [2.05, 4.69) is 23.6 Å². The molecule has 0 radical (unpaired) electrons. The van der Waals surface area contributed by atoms with Crippen LogP contribution in [0.1, 0.15) is 44.1 Å². The van der Waals surface area contributed by atoms with Crippen molar-refractivity contribution in [1.82, 2.24) is 19.6 Å². The molecule has 1 saturated carbocycles. The summed E-state index contributed by atoms with van der Waals surface area (Å²) in [5.41, 5.74) is 2.05. The normalized spacial score (nSPS) is 17.4. The predicted octanol–water partition coefficient (Wildman–Crippen LogP) is 3.32. The van der Waals surface area contributed by atoms with E-state index in [0.29, 0.717) is 0 Å². The summed E-state index contributed by atoms with van der Waals surface area (Å²) in [4.78, 5) is 9.12. The summed E-state index contributed by atoms with van der Waals surface area (Å²) in [7, 11) is 0. The second-order valence-corrected chi connectivity index (χ2v) is 5.83. The molecule has 0 unspecified atom stereocenters. The van der Waals surface area contributed by atoms with Gasteiger partial charge in [0.05, 0.1) is 11.9 Å². The summed E-state index contributed by atoms with van der Waals surface area (Å²) in [6.45, 7) is 6.09. The quantitative estimate of drug-likeness (QED) is 0.802. The summed E-state index contributed by atoms with van der Waals surface area (Å²) >= 11 is 1.56. The molecule has 0 spiro atoms. The van der Waals surface area contributed by atoms with Crippen LogP contribution in [0.15, 0.2) is 17.9 Å². The maximum Gasteiger partial charge on any atom is 0.207 e. The summed E-state index contributed by atoms with van der Waals surface area (Å²) in [5, 5.41) is 5.40. The summed E-state index contributed by atoms with van der Waals surface area (Å²) in [5.74, 6) is 1.09. The molecule has 100 valence electrons. The first kappa shape index (κ1) is 12.7. The Bertz CT molecular complexity index is 622. The van der Waals surface area contributed by atoms with Crippen LogP contribution in [-0.2, 0) is 5.41 Å². The minimum atomic E-state index is 0.203. The van der Waals surface area contributed by atoms with Gasteiger partial charge in [-0.2, -0.15) is 0 Å². The Kier molecular flexibility index (Phi) is 3.09. The van der Waals surface area contributed by atoms with Gasteiger partial charge in [-0.05, 0) is 31.6 Å². The second-order valence-electron chi connectivity index (χ2n) is 5.05. The average molecular weight is 274 g/mol. The molecule has 0 bridgehead atoms. The van der Waals surface area contributed by atoms with Gasteiger partial charge in [0, 0.05) is 5.41 Å². The van der Waals surface area contributed by atoms with Gasteiger partial charge in [0.15, 0.2) is 0 Å². The van der Waals surface area contributed by atoms with E-state index in [1.54, 1.807) is 17.8 Å². The third-order valence-corrected chi connectivity index (χ3v) is 4.79. The molecule has 2 aromatic heterocycles. The molecule has 0 amide bonds. The Hall–Kier alpha value is -1.36. The molecular formula is C14H18N4S. The topological polar surface area (TPSA) is 43.1 Å². The van der Waals surface area contributed by atoms with Gasteiger partial charge in [-0.3, -0.25) is 0 Å². The van der Waals surface area contributed by atoms with Crippen LogP contribution in [0.25, 0.3) is 11.6 Å². The van der Waals surface area contributed by atoms with Crippen molar-refractivity contribution in [3.05, 3.63) is 24.3 Å². The van der Waals surface area contributed by atoms with E-state index in [-0.39, 0.29) is 5.41 Å². The highest BCUT2D eigenvalue weighted by Gasteiger charge is 2.41. The molecule has 0 aliphatic heterocycles. The highest BCUT2D eigenvalue weighted by Crippen LogP contribution is 2.46.